The Balaban J connectivity index is 0.00000121. The molecule has 0 spiro atoms. The molecule has 0 aliphatic carbocycles. The second kappa shape index (κ2) is 8.03. The third kappa shape index (κ3) is 3.50. The van der Waals surface area contributed by atoms with Crippen molar-refractivity contribution in [1.29, 1.82) is 0 Å². The smallest absolute Gasteiger partial charge is 0.256 e. The van der Waals surface area contributed by atoms with Crippen LogP contribution in [0.2, 0.25) is 0 Å². The Morgan fingerprint density at radius 1 is 1.12 bits per heavy atom. The Labute approximate surface area is 164 Å². The number of hydrogen-bond donors (Lipinski definition) is 1. The first-order valence-electron chi connectivity index (χ1n) is 8.52. The highest BCUT2D eigenvalue weighted by Gasteiger charge is 2.39. The van der Waals surface area contributed by atoms with Crippen molar-refractivity contribution in [2.45, 2.75) is 45.2 Å². The van der Waals surface area contributed by atoms with Gasteiger partial charge in [-0.05, 0) is 45.7 Å². The third-order valence-electron chi connectivity index (χ3n) is 5.26. The molecule has 4 rings (SSSR count). The normalized spacial score (nSPS) is 21.7. The molecule has 2 aliphatic rings. The largest absolute Gasteiger partial charge is 0.331 e. The van der Waals surface area contributed by atoms with Crippen molar-refractivity contribution >= 4 is 41.8 Å². The van der Waals surface area contributed by atoms with Gasteiger partial charge in [0, 0.05) is 24.7 Å². The Morgan fingerprint density at radius 2 is 1.81 bits per heavy atom. The Bertz CT molecular complexity index is 818. The van der Waals surface area contributed by atoms with Crippen molar-refractivity contribution in [2.24, 2.45) is 0 Å². The molecule has 1 aromatic heterocycles. The van der Waals surface area contributed by atoms with Gasteiger partial charge in [0.1, 0.15) is 11.3 Å². The average molecular weight is 401 g/mol. The molecule has 1 aromatic carbocycles. The van der Waals surface area contributed by atoms with Gasteiger partial charge in [-0.1, -0.05) is 0 Å². The lowest BCUT2D eigenvalue weighted by molar-refractivity contribution is 0.0681. The fourth-order valence-corrected chi connectivity index (χ4v) is 3.91. The molecule has 142 valence electrons. The van der Waals surface area contributed by atoms with Crippen LogP contribution in [-0.4, -0.2) is 45.9 Å². The van der Waals surface area contributed by atoms with Gasteiger partial charge in [-0.3, -0.25) is 4.79 Å². The van der Waals surface area contributed by atoms with Gasteiger partial charge in [0.25, 0.3) is 5.91 Å². The molecule has 2 atom stereocenters. The molecule has 0 saturated carbocycles. The van der Waals surface area contributed by atoms with Gasteiger partial charge in [0.2, 0.25) is 0 Å². The van der Waals surface area contributed by atoms with Crippen molar-refractivity contribution in [3.63, 3.8) is 0 Å². The van der Waals surface area contributed by atoms with Crippen LogP contribution in [-0.2, 0) is 0 Å². The summed E-state index contributed by atoms with van der Waals surface area (Å²) in [5.74, 6) is -0.558. The topological polar surface area (TPSA) is 58.1 Å². The van der Waals surface area contributed by atoms with Crippen LogP contribution in [0.15, 0.2) is 12.1 Å². The minimum absolute atomic E-state index is 0. The van der Waals surface area contributed by atoms with Crippen molar-refractivity contribution < 1.29 is 9.18 Å². The summed E-state index contributed by atoms with van der Waals surface area (Å²) >= 11 is 0. The van der Waals surface area contributed by atoms with Gasteiger partial charge >= 0.3 is 0 Å². The lowest BCUT2D eigenvalue weighted by Gasteiger charge is -2.28. The molecule has 2 bridgehead atoms. The predicted octanol–water partition coefficient (Wildman–Crippen LogP) is 3.20. The van der Waals surface area contributed by atoms with E-state index in [1.54, 1.807) is 0 Å². The van der Waals surface area contributed by atoms with Gasteiger partial charge in [-0.2, -0.15) is 0 Å². The molecule has 0 radical (unpaired) electrons. The van der Waals surface area contributed by atoms with Crippen LogP contribution in [0.1, 0.15) is 41.0 Å². The number of rotatable bonds is 1. The van der Waals surface area contributed by atoms with Crippen molar-refractivity contribution in [2.75, 3.05) is 13.1 Å². The summed E-state index contributed by atoms with van der Waals surface area (Å²) < 4.78 is 14.1. The zero-order valence-electron chi connectivity index (χ0n) is 14.8. The summed E-state index contributed by atoms with van der Waals surface area (Å²) in [5.41, 5.74) is 2.80. The number of hydrogen-bond acceptors (Lipinski definition) is 4. The van der Waals surface area contributed by atoms with E-state index in [1.165, 1.54) is 12.1 Å². The van der Waals surface area contributed by atoms with Crippen LogP contribution in [0.25, 0.3) is 11.0 Å². The van der Waals surface area contributed by atoms with Crippen LogP contribution in [0, 0.1) is 19.7 Å². The second-order valence-corrected chi connectivity index (χ2v) is 6.81. The van der Waals surface area contributed by atoms with Crippen LogP contribution >= 0.6 is 24.8 Å². The first kappa shape index (κ1) is 20.8. The highest BCUT2D eigenvalue weighted by atomic mass is 35.5. The maximum atomic E-state index is 14.1. The molecular weight excluding hydrogens is 378 g/mol. The van der Waals surface area contributed by atoms with Crippen molar-refractivity contribution in [1.82, 2.24) is 20.2 Å². The molecule has 26 heavy (non-hydrogen) atoms. The first-order valence-corrected chi connectivity index (χ1v) is 8.52. The van der Waals surface area contributed by atoms with E-state index in [0.29, 0.717) is 16.6 Å². The van der Waals surface area contributed by atoms with E-state index in [-0.39, 0.29) is 42.8 Å². The summed E-state index contributed by atoms with van der Waals surface area (Å²) in [7, 11) is 0. The van der Waals surface area contributed by atoms with Gasteiger partial charge in [0.15, 0.2) is 0 Å². The lowest BCUT2D eigenvalue weighted by atomic mass is 10.1. The number of benzene rings is 1. The minimum Gasteiger partial charge on any atom is -0.331 e. The van der Waals surface area contributed by atoms with Crippen LogP contribution in [0.5, 0.6) is 0 Å². The maximum absolute atomic E-state index is 14.1. The van der Waals surface area contributed by atoms with E-state index >= 15 is 0 Å². The lowest BCUT2D eigenvalue weighted by Crippen LogP contribution is -2.42. The van der Waals surface area contributed by atoms with Gasteiger partial charge in [-0.15, -0.1) is 24.8 Å². The summed E-state index contributed by atoms with van der Waals surface area (Å²) in [6.45, 7) is 5.43. The predicted molar refractivity (Wildman–Crippen MR) is 104 cm³/mol. The zero-order valence-corrected chi connectivity index (χ0v) is 16.4. The second-order valence-electron chi connectivity index (χ2n) is 6.81. The van der Waals surface area contributed by atoms with E-state index in [1.807, 2.05) is 18.7 Å². The van der Waals surface area contributed by atoms with Gasteiger partial charge in [0.05, 0.1) is 22.5 Å². The number of aryl methyl sites for hydroxylation is 2. The molecule has 1 amide bonds. The quantitative estimate of drug-likeness (QED) is 0.798. The molecular formula is C18H23Cl2FN4O. The fourth-order valence-electron chi connectivity index (χ4n) is 3.91. The fraction of sp³-hybridized carbons (Fsp3) is 0.500. The highest BCUT2D eigenvalue weighted by molar-refractivity contribution is 6.05. The third-order valence-corrected chi connectivity index (χ3v) is 5.26. The van der Waals surface area contributed by atoms with Crippen molar-refractivity contribution in [3.05, 3.63) is 34.9 Å². The summed E-state index contributed by atoms with van der Waals surface area (Å²) in [4.78, 5) is 24.1. The number of nitrogens with zero attached hydrogens (tertiary/aromatic N) is 3. The molecule has 5 nitrogen and oxygen atoms in total. The minimum atomic E-state index is -0.441. The van der Waals surface area contributed by atoms with E-state index in [9.17, 15) is 9.18 Å². The Kier molecular flexibility index (Phi) is 6.42. The number of carbonyl (C=O) groups excluding carboxylic acids is 1. The molecule has 1 N–H and O–H groups in total. The summed E-state index contributed by atoms with van der Waals surface area (Å²) in [5, 5.41) is 3.38. The molecule has 2 fully saturated rings. The Morgan fingerprint density at radius 3 is 2.58 bits per heavy atom. The Hall–Kier alpha value is -1.50. The summed E-state index contributed by atoms with van der Waals surface area (Å²) in [6.07, 6.45) is 2.97. The molecule has 2 aliphatic heterocycles. The van der Waals surface area contributed by atoms with Crippen LogP contribution in [0.3, 0.4) is 0 Å². The molecule has 3 heterocycles. The van der Waals surface area contributed by atoms with Crippen LogP contribution in [0.4, 0.5) is 4.39 Å². The first-order chi connectivity index (χ1) is 11.5. The number of halogens is 3. The number of nitrogens with one attached hydrogen (secondary N) is 1. The SMILES string of the molecule is Cc1nc2cc(F)cc(C(=O)N3C4CCNCC3CC4)c2nc1C.Cl.Cl. The zero-order chi connectivity index (χ0) is 16.8. The van der Waals surface area contributed by atoms with Crippen LogP contribution < -0.4 is 5.32 Å². The maximum Gasteiger partial charge on any atom is 0.256 e. The highest BCUT2D eigenvalue weighted by Crippen LogP contribution is 2.31. The average Bonchev–Trinajstić information content (AvgIpc) is 2.80. The number of aromatic nitrogens is 2. The molecule has 2 aromatic rings. The standard InChI is InChI=1S/C18H21FN4O.2ClH/c1-10-11(2)22-17-15(7-12(19)8-16(17)21-10)18(24)23-13-3-4-14(23)9-20-6-5-13;;/h7-8,13-14,20H,3-6,9H2,1-2H3;2*1H. The van der Waals surface area contributed by atoms with E-state index in [0.717, 1.165) is 43.7 Å². The molecule has 2 unspecified atom stereocenters. The number of fused-ring (bicyclic) bond motifs is 3. The van der Waals surface area contributed by atoms with Crippen molar-refractivity contribution in [3.8, 4) is 0 Å². The molecule has 8 heteroatoms. The van der Waals surface area contributed by atoms with Gasteiger partial charge in [-0.25, -0.2) is 14.4 Å². The van der Waals surface area contributed by atoms with E-state index < -0.39 is 5.82 Å². The number of amides is 1. The monoisotopic (exact) mass is 400 g/mol. The molecule has 2 saturated heterocycles. The summed E-state index contributed by atoms with van der Waals surface area (Å²) in [6, 6.07) is 3.08. The number of carbonyl (C=O) groups is 1. The van der Waals surface area contributed by atoms with Gasteiger partial charge < -0.3 is 10.2 Å². The van der Waals surface area contributed by atoms with E-state index in [2.05, 4.69) is 15.3 Å². The van der Waals surface area contributed by atoms with E-state index in [4.69, 9.17) is 0 Å².